The summed E-state index contributed by atoms with van der Waals surface area (Å²) in [6.07, 6.45) is 0. The Bertz CT molecular complexity index is 779. The molecule has 0 aliphatic rings. The van der Waals surface area contributed by atoms with E-state index in [4.69, 9.17) is 21.8 Å². The number of halogens is 2. The third-order valence-corrected chi connectivity index (χ3v) is 3.33. The number of hydrogen-bond acceptors (Lipinski definition) is 2. The summed E-state index contributed by atoms with van der Waals surface area (Å²) in [5.41, 5.74) is 8.08. The molecule has 0 bridgehead atoms. The van der Waals surface area contributed by atoms with Crippen LogP contribution in [0.2, 0.25) is 5.02 Å². The highest BCUT2D eigenvalue weighted by Gasteiger charge is 2.12. The zero-order chi connectivity index (χ0) is 13.6. The molecule has 2 nitrogen and oxygen atoms in total. The highest BCUT2D eigenvalue weighted by molar-refractivity contribution is 6.31. The van der Waals surface area contributed by atoms with Crippen LogP contribution in [0.4, 0.5) is 10.1 Å². The SMILES string of the molecule is Cc1cc(F)c(-c2cc3cc(Cl)ccc3o2)cc1N. The minimum atomic E-state index is -0.350. The first-order valence-corrected chi connectivity index (χ1v) is 6.17. The first-order valence-electron chi connectivity index (χ1n) is 5.79. The number of nitrogen functional groups attached to an aromatic ring is 1. The predicted octanol–water partition coefficient (Wildman–Crippen LogP) is 4.78. The van der Waals surface area contributed by atoms with Crippen LogP contribution >= 0.6 is 11.6 Å². The van der Waals surface area contributed by atoms with E-state index in [9.17, 15) is 4.39 Å². The molecule has 0 spiro atoms. The van der Waals surface area contributed by atoms with Crippen LogP contribution in [-0.2, 0) is 0 Å². The second-order valence-corrected chi connectivity index (χ2v) is 4.92. The highest BCUT2D eigenvalue weighted by atomic mass is 35.5. The molecule has 3 aromatic rings. The molecule has 0 atom stereocenters. The van der Waals surface area contributed by atoms with Crippen LogP contribution in [0.1, 0.15) is 5.56 Å². The Balaban J connectivity index is 2.21. The molecule has 96 valence electrons. The van der Waals surface area contributed by atoms with Crippen LogP contribution < -0.4 is 5.73 Å². The monoisotopic (exact) mass is 275 g/mol. The van der Waals surface area contributed by atoms with Crippen molar-refractivity contribution in [2.24, 2.45) is 0 Å². The van der Waals surface area contributed by atoms with E-state index >= 15 is 0 Å². The molecule has 0 fully saturated rings. The second kappa shape index (κ2) is 4.28. The maximum Gasteiger partial charge on any atom is 0.138 e. The molecule has 2 N–H and O–H groups in total. The minimum Gasteiger partial charge on any atom is -0.456 e. The van der Waals surface area contributed by atoms with E-state index in [-0.39, 0.29) is 5.82 Å². The number of nitrogens with two attached hydrogens (primary N) is 1. The molecule has 0 unspecified atom stereocenters. The third kappa shape index (κ3) is 2.06. The molecular formula is C15H11ClFNO. The summed E-state index contributed by atoms with van der Waals surface area (Å²) < 4.78 is 19.6. The lowest BCUT2D eigenvalue weighted by atomic mass is 10.1. The Hall–Kier alpha value is -2.00. The molecular weight excluding hydrogens is 265 g/mol. The van der Waals surface area contributed by atoms with Gasteiger partial charge in [0.25, 0.3) is 0 Å². The van der Waals surface area contributed by atoms with Gasteiger partial charge in [0.05, 0.1) is 5.56 Å². The second-order valence-electron chi connectivity index (χ2n) is 4.48. The molecule has 0 radical (unpaired) electrons. The number of hydrogen-bond donors (Lipinski definition) is 1. The smallest absolute Gasteiger partial charge is 0.138 e. The fourth-order valence-corrected chi connectivity index (χ4v) is 2.21. The summed E-state index contributed by atoms with van der Waals surface area (Å²) in [6, 6.07) is 10.0. The molecule has 0 aliphatic heterocycles. The van der Waals surface area contributed by atoms with Gasteiger partial charge in [-0.15, -0.1) is 0 Å². The van der Waals surface area contributed by atoms with Gasteiger partial charge in [-0.25, -0.2) is 4.39 Å². The quantitative estimate of drug-likeness (QED) is 0.649. The van der Waals surface area contributed by atoms with Crippen molar-refractivity contribution in [3.8, 4) is 11.3 Å². The van der Waals surface area contributed by atoms with Crippen molar-refractivity contribution < 1.29 is 8.81 Å². The van der Waals surface area contributed by atoms with Gasteiger partial charge in [-0.3, -0.25) is 0 Å². The van der Waals surface area contributed by atoms with Crippen molar-refractivity contribution in [2.75, 3.05) is 5.73 Å². The van der Waals surface area contributed by atoms with E-state index in [2.05, 4.69) is 0 Å². The van der Waals surface area contributed by atoms with Gasteiger partial charge in [0.2, 0.25) is 0 Å². The fraction of sp³-hybridized carbons (Fsp3) is 0.0667. The molecule has 0 saturated heterocycles. The summed E-state index contributed by atoms with van der Waals surface area (Å²) >= 11 is 5.92. The average Bonchev–Trinajstić information content (AvgIpc) is 2.76. The van der Waals surface area contributed by atoms with Gasteiger partial charge in [0.15, 0.2) is 0 Å². The number of anilines is 1. The van der Waals surface area contributed by atoms with Crippen molar-refractivity contribution in [2.45, 2.75) is 6.92 Å². The summed E-state index contributed by atoms with van der Waals surface area (Å²) in [7, 11) is 0. The fourth-order valence-electron chi connectivity index (χ4n) is 2.03. The average molecular weight is 276 g/mol. The number of fused-ring (bicyclic) bond motifs is 1. The first kappa shape index (κ1) is 12.1. The zero-order valence-corrected chi connectivity index (χ0v) is 11.0. The van der Waals surface area contributed by atoms with E-state index in [1.54, 1.807) is 37.3 Å². The zero-order valence-electron chi connectivity index (χ0n) is 10.2. The van der Waals surface area contributed by atoms with Crippen LogP contribution in [0.5, 0.6) is 0 Å². The number of benzene rings is 2. The summed E-state index contributed by atoms with van der Waals surface area (Å²) in [4.78, 5) is 0. The number of furan rings is 1. The Morgan fingerprint density at radius 3 is 2.74 bits per heavy atom. The lowest BCUT2D eigenvalue weighted by Gasteiger charge is -2.04. The van der Waals surface area contributed by atoms with Crippen LogP contribution in [-0.4, -0.2) is 0 Å². The Kier molecular flexibility index (Phi) is 2.72. The predicted molar refractivity (Wildman–Crippen MR) is 75.8 cm³/mol. The van der Waals surface area contributed by atoms with Crippen molar-refractivity contribution in [1.82, 2.24) is 0 Å². The Morgan fingerprint density at radius 1 is 1.16 bits per heavy atom. The van der Waals surface area contributed by atoms with E-state index in [0.29, 0.717) is 33.2 Å². The van der Waals surface area contributed by atoms with Gasteiger partial charge in [-0.05, 0) is 48.9 Å². The molecule has 2 aromatic carbocycles. The molecule has 0 aliphatic carbocycles. The van der Waals surface area contributed by atoms with Crippen molar-refractivity contribution in [3.05, 3.63) is 52.8 Å². The molecule has 19 heavy (non-hydrogen) atoms. The van der Waals surface area contributed by atoms with Gasteiger partial charge >= 0.3 is 0 Å². The van der Waals surface area contributed by atoms with Crippen LogP contribution in [0.15, 0.2) is 40.8 Å². The number of aryl methyl sites for hydroxylation is 1. The van der Waals surface area contributed by atoms with E-state index in [0.717, 1.165) is 5.39 Å². The molecule has 3 rings (SSSR count). The van der Waals surface area contributed by atoms with Crippen molar-refractivity contribution in [1.29, 1.82) is 0 Å². The Morgan fingerprint density at radius 2 is 1.95 bits per heavy atom. The third-order valence-electron chi connectivity index (χ3n) is 3.10. The van der Waals surface area contributed by atoms with Gasteiger partial charge in [0.1, 0.15) is 17.2 Å². The Labute approximate surface area is 114 Å². The van der Waals surface area contributed by atoms with Crippen LogP contribution in [0, 0.1) is 12.7 Å². The topological polar surface area (TPSA) is 39.2 Å². The largest absolute Gasteiger partial charge is 0.456 e. The van der Waals surface area contributed by atoms with E-state index in [1.807, 2.05) is 0 Å². The van der Waals surface area contributed by atoms with Gasteiger partial charge in [0, 0.05) is 16.1 Å². The van der Waals surface area contributed by atoms with E-state index in [1.165, 1.54) is 6.07 Å². The molecule has 0 amide bonds. The molecule has 1 aromatic heterocycles. The standard InChI is InChI=1S/C15H11ClFNO/c1-8-4-12(17)11(7-13(8)18)15-6-9-5-10(16)2-3-14(9)19-15/h2-7H,18H2,1H3. The molecule has 0 saturated carbocycles. The lowest BCUT2D eigenvalue weighted by Crippen LogP contribution is -1.93. The van der Waals surface area contributed by atoms with Gasteiger partial charge in [-0.2, -0.15) is 0 Å². The maximum absolute atomic E-state index is 14.0. The van der Waals surface area contributed by atoms with Crippen molar-refractivity contribution in [3.63, 3.8) is 0 Å². The number of rotatable bonds is 1. The van der Waals surface area contributed by atoms with Crippen LogP contribution in [0.25, 0.3) is 22.3 Å². The molecule has 1 heterocycles. The summed E-state index contributed by atoms with van der Waals surface area (Å²) in [5.74, 6) is 0.0957. The molecule has 4 heteroatoms. The van der Waals surface area contributed by atoms with Gasteiger partial charge < -0.3 is 10.2 Å². The van der Waals surface area contributed by atoms with Crippen LogP contribution in [0.3, 0.4) is 0 Å². The summed E-state index contributed by atoms with van der Waals surface area (Å²) in [5, 5.41) is 1.45. The van der Waals surface area contributed by atoms with Gasteiger partial charge in [-0.1, -0.05) is 11.6 Å². The first-order chi connectivity index (χ1) is 9.04. The highest BCUT2D eigenvalue weighted by Crippen LogP contribution is 2.32. The van der Waals surface area contributed by atoms with E-state index < -0.39 is 0 Å². The normalized spacial score (nSPS) is 11.1. The lowest BCUT2D eigenvalue weighted by molar-refractivity contribution is 0.601. The minimum absolute atomic E-state index is 0.350. The maximum atomic E-state index is 14.0. The summed E-state index contributed by atoms with van der Waals surface area (Å²) in [6.45, 7) is 1.76. The van der Waals surface area contributed by atoms with Crippen molar-refractivity contribution >= 4 is 28.3 Å².